The van der Waals surface area contributed by atoms with Crippen LogP contribution < -0.4 is 4.90 Å². The first kappa shape index (κ1) is 23.1. The largest absolute Gasteiger partial charge is 0.310 e. The SMILES string of the molecule is [2H]c1c([2H])c(-c2cccc3ccccc23)c([2H])c(N(c2ccc3c(c2)C(C)(C)c2ccccc2-3)c2c([2H])c([2H])c(-c3cc4ccccc4c4ccccc34)c([2H])c2[2H])c1[2H]. The van der Waals surface area contributed by atoms with E-state index in [1.54, 1.807) is 6.07 Å². The Morgan fingerprint density at radius 2 is 1.08 bits per heavy atom. The molecule has 0 aliphatic heterocycles. The van der Waals surface area contributed by atoms with Crippen molar-refractivity contribution in [1.29, 1.82) is 0 Å². The average molecular weight is 672 g/mol. The molecule has 1 aliphatic carbocycles. The zero-order valence-corrected chi connectivity index (χ0v) is 28.7. The van der Waals surface area contributed by atoms with E-state index in [1.165, 1.54) is 4.90 Å². The molecule has 52 heavy (non-hydrogen) atoms. The second kappa shape index (κ2) is 11.8. The van der Waals surface area contributed by atoms with Crippen LogP contribution in [0.15, 0.2) is 188 Å². The third-order valence-corrected chi connectivity index (χ3v) is 10.6. The van der Waals surface area contributed by atoms with Crippen molar-refractivity contribution >= 4 is 49.4 Å². The summed E-state index contributed by atoms with van der Waals surface area (Å²) < 4.78 is 76.7. The fourth-order valence-corrected chi connectivity index (χ4v) is 8.04. The quantitative estimate of drug-likeness (QED) is 0.165. The molecular weight excluding hydrogens is 627 g/mol. The molecule has 0 saturated carbocycles. The van der Waals surface area contributed by atoms with Crippen molar-refractivity contribution in [3.63, 3.8) is 0 Å². The van der Waals surface area contributed by atoms with Crippen molar-refractivity contribution in [2.75, 3.05) is 4.90 Å². The van der Waals surface area contributed by atoms with E-state index in [0.717, 1.165) is 54.6 Å². The molecule has 0 saturated heterocycles. The third kappa shape index (κ3) is 4.77. The molecule has 9 aromatic carbocycles. The van der Waals surface area contributed by atoms with Gasteiger partial charge in [0.1, 0.15) is 0 Å². The highest BCUT2D eigenvalue weighted by Crippen LogP contribution is 2.51. The minimum absolute atomic E-state index is 0.114. The molecule has 0 amide bonds. The van der Waals surface area contributed by atoms with Crippen LogP contribution in [0.25, 0.3) is 65.7 Å². The molecular formula is C51H37N. The van der Waals surface area contributed by atoms with Crippen LogP contribution in [0.2, 0.25) is 0 Å². The highest BCUT2D eigenvalue weighted by Gasteiger charge is 2.35. The van der Waals surface area contributed by atoms with Crippen LogP contribution in [0.3, 0.4) is 0 Å². The lowest BCUT2D eigenvalue weighted by atomic mass is 9.82. The summed E-state index contributed by atoms with van der Waals surface area (Å²) in [7, 11) is 0. The van der Waals surface area contributed by atoms with Crippen LogP contribution >= 0.6 is 0 Å². The summed E-state index contributed by atoms with van der Waals surface area (Å²) in [4.78, 5) is 1.46. The zero-order chi connectivity index (χ0) is 41.8. The standard InChI is InChI=1S/C51H37N/c1-51(2)49-24-10-9-22-46(49)47-30-29-40(33-50(47)51)52(39-17-11-16-36(31-39)42-23-12-15-34-13-3-5-18-41(34)42)38-27-25-35(26-28-38)48-32-37-14-4-6-19-43(37)44-20-7-8-21-45(44)48/h3-33H,1-2H3/i11D,16D,17D,25D,26D,27D,28D,31D. The van der Waals surface area contributed by atoms with Crippen LogP contribution in [-0.4, -0.2) is 0 Å². The van der Waals surface area contributed by atoms with Gasteiger partial charge in [-0.05, 0) is 119 Å². The van der Waals surface area contributed by atoms with Gasteiger partial charge in [0.2, 0.25) is 0 Å². The molecule has 0 heterocycles. The van der Waals surface area contributed by atoms with E-state index in [4.69, 9.17) is 0 Å². The fourth-order valence-electron chi connectivity index (χ4n) is 8.04. The van der Waals surface area contributed by atoms with Gasteiger partial charge in [-0.2, -0.15) is 0 Å². The van der Waals surface area contributed by atoms with Gasteiger partial charge in [-0.15, -0.1) is 0 Å². The molecule has 0 spiro atoms. The number of hydrogen-bond donors (Lipinski definition) is 0. The molecule has 9 aromatic rings. The highest BCUT2D eigenvalue weighted by molar-refractivity contribution is 6.13. The van der Waals surface area contributed by atoms with Crippen molar-refractivity contribution in [2.45, 2.75) is 19.3 Å². The lowest BCUT2D eigenvalue weighted by Gasteiger charge is -2.28. The predicted molar refractivity (Wildman–Crippen MR) is 222 cm³/mol. The summed E-state index contributed by atoms with van der Waals surface area (Å²) in [5.74, 6) is 0. The van der Waals surface area contributed by atoms with Crippen molar-refractivity contribution in [3.8, 4) is 33.4 Å². The smallest absolute Gasteiger partial charge is 0.0651 e. The molecule has 0 aromatic heterocycles. The Morgan fingerprint density at radius 3 is 1.92 bits per heavy atom. The molecule has 10 rings (SSSR count). The molecule has 0 bridgehead atoms. The number of hydrogen-bond acceptors (Lipinski definition) is 1. The molecule has 1 heteroatoms. The first-order valence-corrected chi connectivity index (χ1v) is 17.5. The monoisotopic (exact) mass is 671 g/mol. The Balaban J connectivity index is 1.29. The molecule has 0 N–H and O–H groups in total. The van der Waals surface area contributed by atoms with E-state index in [-0.39, 0.29) is 58.8 Å². The minimum Gasteiger partial charge on any atom is -0.310 e. The van der Waals surface area contributed by atoms with Gasteiger partial charge in [-0.25, -0.2) is 0 Å². The van der Waals surface area contributed by atoms with Gasteiger partial charge < -0.3 is 4.90 Å². The van der Waals surface area contributed by atoms with Gasteiger partial charge in [0.15, 0.2) is 0 Å². The number of benzene rings is 9. The molecule has 1 aliphatic rings. The maximum absolute atomic E-state index is 9.91. The van der Waals surface area contributed by atoms with Gasteiger partial charge in [0, 0.05) is 22.5 Å². The minimum atomic E-state index is -0.462. The normalized spacial score (nSPS) is 15.1. The average Bonchev–Trinajstić information content (AvgIpc) is 3.49. The summed E-state index contributed by atoms with van der Waals surface area (Å²) in [6.45, 7) is 4.26. The van der Waals surface area contributed by atoms with Crippen molar-refractivity contribution < 1.29 is 11.0 Å². The second-order valence-electron chi connectivity index (χ2n) is 13.9. The van der Waals surface area contributed by atoms with Crippen molar-refractivity contribution in [2.24, 2.45) is 0 Å². The molecule has 0 radical (unpaired) electrons. The Labute approximate surface area is 316 Å². The highest BCUT2D eigenvalue weighted by atomic mass is 15.1. The fraction of sp³-hybridized carbons (Fsp3) is 0.0588. The molecule has 0 atom stereocenters. The number of anilines is 3. The molecule has 0 fully saturated rings. The maximum atomic E-state index is 9.91. The number of nitrogens with zero attached hydrogens (tertiary/aromatic N) is 1. The summed E-state index contributed by atoms with van der Waals surface area (Å²) in [5, 5.41) is 5.26. The van der Waals surface area contributed by atoms with E-state index in [2.05, 4.69) is 26.0 Å². The molecule has 1 nitrogen and oxygen atoms in total. The Kier molecular flexibility index (Phi) is 5.26. The zero-order valence-electron chi connectivity index (χ0n) is 36.7. The summed E-state index contributed by atoms with van der Waals surface area (Å²) in [6, 6.07) is 42.1. The summed E-state index contributed by atoms with van der Waals surface area (Å²) >= 11 is 0. The van der Waals surface area contributed by atoms with Gasteiger partial charge in [0.25, 0.3) is 0 Å². The first-order valence-electron chi connectivity index (χ1n) is 21.5. The summed E-state index contributed by atoms with van der Waals surface area (Å²) in [6.07, 6.45) is 0. The van der Waals surface area contributed by atoms with E-state index in [1.807, 2.05) is 121 Å². The van der Waals surface area contributed by atoms with Crippen LogP contribution in [0.1, 0.15) is 35.9 Å². The Hall–Kier alpha value is -6.44. The van der Waals surface area contributed by atoms with Crippen LogP contribution in [0.5, 0.6) is 0 Å². The summed E-state index contributed by atoms with van der Waals surface area (Å²) in [5.41, 5.74) is 5.22. The van der Waals surface area contributed by atoms with Crippen molar-refractivity contribution in [1.82, 2.24) is 0 Å². The lowest BCUT2D eigenvalue weighted by molar-refractivity contribution is 0.660. The maximum Gasteiger partial charge on any atom is 0.0651 e. The van der Waals surface area contributed by atoms with E-state index in [9.17, 15) is 11.0 Å². The third-order valence-electron chi connectivity index (χ3n) is 10.6. The topological polar surface area (TPSA) is 3.24 Å². The number of fused-ring (bicyclic) bond motifs is 7. The predicted octanol–water partition coefficient (Wildman–Crippen LogP) is 14.3. The van der Waals surface area contributed by atoms with Gasteiger partial charge in [-0.1, -0.05) is 159 Å². The Bertz CT molecular complexity index is 3260. The first-order chi connectivity index (χ1) is 28.9. The van der Waals surface area contributed by atoms with E-state index in [0.29, 0.717) is 16.8 Å². The van der Waals surface area contributed by atoms with Crippen LogP contribution in [0.4, 0.5) is 17.1 Å². The number of rotatable bonds is 5. The van der Waals surface area contributed by atoms with Crippen molar-refractivity contribution in [3.05, 3.63) is 199 Å². The van der Waals surface area contributed by atoms with E-state index < -0.39 is 17.5 Å². The van der Waals surface area contributed by atoms with E-state index >= 15 is 0 Å². The van der Waals surface area contributed by atoms with Gasteiger partial charge in [-0.3, -0.25) is 0 Å². The Morgan fingerprint density at radius 1 is 0.423 bits per heavy atom. The van der Waals surface area contributed by atoms with Crippen LogP contribution in [-0.2, 0) is 5.41 Å². The van der Waals surface area contributed by atoms with Gasteiger partial charge >= 0.3 is 0 Å². The molecule has 0 unspecified atom stereocenters. The lowest BCUT2D eigenvalue weighted by Crippen LogP contribution is -2.16. The van der Waals surface area contributed by atoms with Crippen LogP contribution in [0, 0.1) is 0 Å². The second-order valence-corrected chi connectivity index (χ2v) is 13.9. The van der Waals surface area contributed by atoms with Gasteiger partial charge in [0.05, 0.1) is 11.0 Å². The molecule has 246 valence electrons.